The maximum Gasteiger partial charge on any atom is 0.154 e. The van der Waals surface area contributed by atoms with Crippen LogP contribution in [-0.2, 0) is 11.2 Å². The van der Waals surface area contributed by atoms with E-state index in [0.29, 0.717) is 10.9 Å². The first-order valence-corrected chi connectivity index (χ1v) is 5.67. The summed E-state index contributed by atoms with van der Waals surface area (Å²) >= 11 is 3.07. The SMILES string of the molecule is C=CCC(N)C(=O)Cc1ccc(F)c(Br)c1. The summed E-state index contributed by atoms with van der Waals surface area (Å²) in [4.78, 5) is 11.6. The van der Waals surface area contributed by atoms with Crippen LogP contribution in [-0.4, -0.2) is 11.8 Å². The molecular formula is C12H13BrFNO. The van der Waals surface area contributed by atoms with E-state index in [1.807, 2.05) is 0 Å². The number of nitrogens with two attached hydrogens (primary N) is 1. The molecule has 1 aromatic rings. The Hall–Kier alpha value is -1.00. The highest BCUT2D eigenvalue weighted by Crippen LogP contribution is 2.17. The van der Waals surface area contributed by atoms with Crippen molar-refractivity contribution >= 4 is 21.7 Å². The van der Waals surface area contributed by atoms with Crippen LogP contribution in [0.4, 0.5) is 4.39 Å². The first kappa shape index (κ1) is 13.1. The van der Waals surface area contributed by atoms with Crippen molar-refractivity contribution in [1.82, 2.24) is 0 Å². The molecule has 86 valence electrons. The molecule has 2 N–H and O–H groups in total. The van der Waals surface area contributed by atoms with E-state index >= 15 is 0 Å². The van der Waals surface area contributed by atoms with Crippen LogP contribution in [0.3, 0.4) is 0 Å². The minimum absolute atomic E-state index is 0.0709. The summed E-state index contributed by atoms with van der Waals surface area (Å²) in [5.41, 5.74) is 6.38. The molecule has 0 radical (unpaired) electrons. The van der Waals surface area contributed by atoms with Crippen molar-refractivity contribution in [3.8, 4) is 0 Å². The maximum absolute atomic E-state index is 12.9. The van der Waals surface area contributed by atoms with Gasteiger partial charge in [-0.05, 0) is 40.0 Å². The Balaban J connectivity index is 2.69. The minimum Gasteiger partial charge on any atom is -0.321 e. The van der Waals surface area contributed by atoms with Gasteiger partial charge < -0.3 is 5.73 Å². The van der Waals surface area contributed by atoms with E-state index in [4.69, 9.17) is 5.73 Å². The van der Waals surface area contributed by atoms with Gasteiger partial charge in [-0.1, -0.05) is 12.1 Å². The number of benzene rings is 1. The van der Waals surface area contributed by atoms with Crippen LogP contribution in [0.25, 0.3) is 0 Å². The van der Waals surface area contributed by atoms with Gasteiger partial charge in [-0.2, -0.15) is 0 Å². The third kappa shape index (κ3) is 3.54. The van der Waals surface area contributed by atoms with Crippen molar-refractivity contribution in [2.75, 3.05) is 0 Å². The van der Waals surface area contributed by atoms with Crippen molar-refractivity contribution in [3.63, 3.8) is 0 Å². The van der Waals surface area contributed by atoms with E-state index in [9.17, 15) is 9.18 Å². The van der Waals surface area contributed by atoms with Gasteiger partial charge in [0, 0.05) is 6.42 Å². The summed E-state index contributed by atoms with van der Waals surface area (Å²) in [5.74, 6) is -0.412. The molecule has 1 rings (SSSR count). The van der Waals surface area contributed by atoms with Crippen LogP contribution in [0.1, 0.15) is 12.0 Å². The van der Waals surface area contributed by atoms with Crippen LogP contribution >= 0.6 is 15.9 Å². The number of halogens is 2. The standard InChI is InChI=1S/C12H13BrFNO/c1-2-3-11(15)12(16)7-8-4-5-10(14)9(13)6-8/h2,4-6,11H,1,3,7,15H2. The first-order valence-electron chi connectivity index (χ1n) is 4.87. The first-order chi connectivity index (χ1) is 7.54. The fraction of sp³-hybridized carbons (Fsp3) is 0.250. The minimum atomic E-state index is -0.527. The Morgan fingerprint density at radius 3 is 2.88 bits per heavy atom. The predicted octanol–water partition coefficient (Wildman–Crippen LogP) is 2.60. The van der Waals surface area contributed by atoms with E-state index in [0.717, 1.165) is 5.56 Å². The van der Waals surface area contributed by atoms with Gasteiger partial charge >= 0.3 is 0 Å². The van der Waals surface area contributed by atoms with Crippen molar-refractivity contribution in [1.29, 1.82) is 0 Å². The molecule has 0 spiro atoms. The van der Waals surface area contributed by atoms with Crippen molar-refractivity contribution in [2.45, 2.75) is 18.9 Å². The lowest BCUT2D eigenvalue weighted by Crippen LogP contribution is -2.31. The van der Waals surface area contributed by atoms with Crippen LogP contribution in [0.2, 0.25) is 0 Å². The van der Waals surface area contributed by atoms with E-state index in [-0.39, 0.29) is 18.0 Å². The van der Waals surface area contributed by atoms with Crippen LogP contribution in [0, 0.1) is 5.82 Å². The summed E-state index contributed by atoms with van der Waals surface area (Å²) in [7, 11) is 0. The molecule has 0 saturated carbocycles. The second kappa shape index (κ2) is 5.92. The van der Waals surface area contributed by atoms with E-state index < -0.39 is 6.04 Å². The summed E-state index contributed by atoms with van der Waals surface area (Å²) in [6.45, 7) is 3.53. The molecule has 4 heteroatoms. The molecule has 1 unspecified atom stereocenters. The maximum atomic E-state index is 12.9. The Morgan fingerprint density at radius 2 is 2.31 bits per heavy atom. The highest BCUT2D eigenvalue weighted by atomic mass is 79.9. The molecule has 0 aliphatic carbocycles. The molecule has 0 amide bonds. The van der Waals surface area contributed by atoms with Crippen molar-refractivity contribution in [2.24, 2.45) is 5.73 Å². The summed E-state index contributed by atoms with van der Waals surface area (Å²) in [5, 5.41) is 0. The summed E-state index contributed by atoms with van der Waals surface area (Å²) in [6, 6.07) is 3.97. The van der Waals surface area contributed by atoms with Gasteiger partial charge in [0.05, 0.1) is 10.5 Å². The molecule has 0 aliphatic rings. The van der Waals surface area contributed by atoms with Crippen molar-refractivity contribution < 1.29 is 9.18 Å². The highest BCUT2D eigenvalue weighted by molar-refractivity contribution is 9.10. The zero-order chi connectivity index (χ0) is 12.1. The zero-order valence-corrected chi connectivity index (χ0v) is 10.3. The second-order valence-corrected chi connectivity index (χ2v) is 4.38. The molecule has 0 aliphatic heterocycles. The second-order valence-electron chi connectivity index (χ2n) is 3.52. The normalized spacial score (nSPS) is 12.2. The van der Waals surface area contributed by atoms with Gasteiger partial charge in [0.25, 0.3) is 0 Å². The lowest BCUT2D eigenvalue weighted by molar-refractivity contribution is -0.119. The van der Waals surface area contributed by atoms with Gasteiger partial charge in [0.2, 0.25) is 0 Å². The third-order valence-corrected chi connectivity index (χ3v) is 2.80. The van der Waals surface area contributed by atoms with Gasteiger partial charge in [-0.25, -0.2) is 4.39 Å². The molecule has 0 aromatic heterocycles. The Labute approximate surface area is 102 Å². The van der Waals surface area contributed by atoms with E-state index in [1.165, 1.54) is 6.07 Å². The Bertz CT molecular complexity index is 406. The number of Topliss-reactive ketones (excluding diaryl/α,β-unsaturated/α-hetero) is 1. The highest BCUT2D eigenvalue weighted by Gasteiger charge is 2.13. The van der Waals surface area contributed by atoms with Crippen molar-refractivity contribution in [3.05, 3.63) is 46.7 Å². The number of hydrogen-bond acceptors (Lipinski definition) is 2. The molecule has 0 saturated heterocycles. The molecule has 1 atom stereocenters. The smallest absolute Gasteiger partial charge is 0.154 e. The number of hydrogen-bond donors (Lipinski definition) is 1. The fourth-order valence-electron chi connectivity index (χ4n) is 1.29. The average molecular weight is 286 g/mol. The van der Waals surface area contributed by atoms with Gasteiger partial charge in [-0.15, -0.1) is 6.58 Å². The average Bonchev–Trinajstić information content (AvgIpc) is 2.24. The zero-order valence-electron chi connectivity index (χ0n) is 8.75. The van der Waals surface area contributed by atoms with E-state index in [2.05, 4.69) is 22.5 Å². The molecule has 0 heterocycles. The fourth-order valence-corrected chi connectivity index (χ4v) is 1.72. The Morgan fingerprint density at radius 1 is 1.62 bits per heavy atom. The summed E-state index contributed by atoms with van der Waals surface area (Å²) < 4.78 is 13.3. The van der Waals surface area contributed by atoms with Crippen LogP contribution in [0.5, 0.6) is 0 Å². The predicted molar refractivity (Wildman–Crippen MR) is 65.6 cm³/mol. The van der Waals surface area contributed by atoms with E-state index in [1.54, 1.807) is 18.2 Å². The van der Waals surface area contributed by atoms with Crippen LogP contribution < -0.4 is 5.73 Å². The Kier molecular flexibility index (Phi) is 4.83. The lowest BCUT2D eigenvalue weighted by Gasteiger charge is -2.08. The topological polar surface area (TPSA) is 43.1 Å². The molecule has 1 aromatic carbocycles. The van der Waals surface area contributed by atoms with Crippen LogP contribution in [0.15, 0.2) is 35.3 Å². The molecule has 16 heavy (non-hydrogen) atoms. The number of carbonyl (C=O) groups is 1. The summed E-state index contributed by atoms with van der Waals surface area (Å²) in [6.07, 6.45) is 2.29. The number of rotatable bonds is 5. The molecular weight excluding hydrogens is 273 g/mol. The quantitative estimate of drug-likeness (QED) is 0.845. The van der Waals surface area contributed by atoms with Gasteiger partial charge in [-0.3, -0.25) is 4.79 Å². The lowest BCUT2D eigenvalue weighted by atomic mass is 10.0. The van der Waals surface area contributed by atoms with Gasteiger partial charge in [0.15, 0.2) is 5.78 Å². The number of ketones is 1. The van der Waals surface area contributed by atoms with Gasteiger partial charge in [0.1, 0.15) is 5.82 Å². The molecule has 0 bridgehead atoms. The third-order valence-electron chi connectivity index (χ3n) is 2.20. The molecule has 2 nitrogen and oxygen atoms in total. The largest absolute Gasteiger partial charge is 0.321 e. The molecule has 0 fully saturated rings. The number of carbonyl (C=O) groups excluding carboxylic acids is 1. The monoisotopic (exact) mass is 285 g/mol.